The number of benzene rings is 1. The van der Waals surface area contributed by atoms with Gasteiger partial charge in [0.05, 0.1) is 25.3 Å². The van der Waals surface area contributed by atoms with E-state index in [1.54, 1.807) is 0 Å². The summed E-state index contributed by atoms with van der Waals surface area (Å²) in [5.74, 6) is 0.156. The number of aliphatic hydroxyl groups is 2. The molecule has 1 aromatic rings. The van der Waals surface area contributed by atoms with Crippen molar-refractivity contribution in [3.63, 3.8) is 0 Å². The number of phosphoric acid groups is 3. The standard InChI is InChI=1S/C13H18NO14P3/c1-24-9-4-7(5-14)2-3-8(9)13-12(16)11(15)10(26-13)6-25-30(20,21)28-31(22,23)27-29(17,18)19/h2-4,10-13,15-16H,6H2,1H3,(H,20,21)(H,22,23)(H2,17,18,19)/t10-,11+,12?,13+/m1/s1. The van der Waals surface area contributed by atoms with Crippen molar-refractivity contribution in [3.8, 4) is 11.8 Å². The molecule has 2 rings (SSSR count). The number of rotatable bonds is 9. The molecule has 0 aliphatic carbocycles. The zero-order chi connectivity index (χ0) is 23.6. The predicted octanol–water partition coefficient (Wildman–Crippen LogP) is 0.0719. The number of nitrogens with zero attached hydrogens (tertiary/aromatic N) is 1. The molecule has 1 heterocycles. The Morgan fingerprint density at radius 1 is 1.06 bits per heavy atom. The van der Waals surface area contributed by atoms with Crippen molar-refractivity contribution in [1.29, 1.82) is 5.26 Å². The molecule has 3 unspecified atom stereocenters. The Bertz CT molecular complexity index is 988. The van der Waals surface area contributed by atoms with Crippen LogP contribution in [0.2, 0.25) is 0 Å². The second-order valence-electron chi connectivity index (χ2n) is 6.03. The Morgan fingerprint density at radius 3 is 2.26 bits per heavy atom. The van der Waals surface area contributed by atoms with Crippen LogP contribution in [0.3, 0.4) is 0 Å². The fourth-order valence-electron chi connectivity index (χ4n) is 2.63. The fraction of sp³-hybridized carbons (Fsp3) is 0.462. The molecule has 1 fully saturated rings. The van der Waals surface area contributed by atoms with Gasteiger partial charge in [-0.15, -0.1) is 0 Å². The monoisotopic (exact) mass is 505 g/mol. The molecule has 31 heavy (non-hydrogen) atoms. The number of nitriles is 1. The van der Waals surface area contributed by atoms with Crippen molar-refractivity contribution in [2.75, 3.05) is 13.7 Å². The smallest absolute Gasteiger partial charge is 0.490 e. The average molecular weight is 505 g/mol. The Kier molecular flexibility index (Phi) is 8.19. The first-order valence-electron chi connectivity index (χ1n) is 8.06. The van der Waals surface area contributed by atoms with Crippen LogP contribution in [0.1, 0.15) is 17.2 Å². The zero-order valence-corrected chi connectivity index (χ0v) is 18.2. The number of hydrogen-bond donors (Lipinski definition) is 6. The molecular weight excluding hydrogens is 487 g/mol. The molecule has 1 aliphatic heterocycles. The summed E-state index contributed by atoms with van der Waals surface area (Å²) in [5.41, 5.74) is 0.492. The van der Waals surface area contributed by atoms with Gasteiger partial charge < -0.3 is 39.3 Å². The fourth-order valence-corrected chi connectivity index (χ4v) is 5.66. The van der Waals surface area contributed by atoms with E-state index in [-0.39, 0.29) is 16.9 Å². The van der Waals surface area contributed by atoms with Gasteiger partial charge in [-0.3, -0.25) is 4.52 Å². The van der Waals surface area contributed by atoms with Gasteiger partial charge in [-0.05, 0) is 12.1 Å². The van der Waals surface area contributed by atoms with Gasteiger partial charge in [0.25, 0.3) is 0 Å². The molecular formula is C13H18NO14P3. The van der Waals surface area contributed by atoms with Crippen molar-refractivity contribution in [1.82, 2.24) is 0 Å². The van der Waals surface area contributed by atoms with Crippen LogP contribution in [0.4, 0.5) is 0 Å². The number of ether oxygens (including phenoxy) is 2. The third-order valence-electron chi connectivity index (χ3n) is 3.85. The first-order chi connectivity index (χ1) is 14.2. The van der Waals surface area contributed by atoms with E-state index in [0.717, 1.165) is 0 Å². The normalized spacial score (nSPS) is 27.8. The van der Waals surface area contributed by atoms with Gasteiger partial charge in [0.2, 0.25) is 0 Å². The first-order valence-corrected chi connectivity index (χ1v) is 12.6. The van der Waals surface area contributed by atoms with Gasteiger partial charge in [-0.2, -0.15) is 13.9 Å². The molecule has 0 bridgehead atoms. The summed E-state index contributed by atoms with van der Waals surface area (Å²) < 4.78 is 55.8. The summed E-state index contributed by atoms with van der Waals surface area (Å²) in [6.45, 7) is -0.947. The van der Waals surface area contributed by atoms with Crippen molar-refractivity contribution in [3.05, 3.63) is 29.3 Å². The number of phosphoric ester groups is 1. The predicted molar refractivity (Wildman–Crippen MR) is 97.2 cm³/mol. The largest absolute Gasteiger partial charge is 0.496 e. The molecule has 6 N–H and O–H groups in total. The summed E-state index contributed by atoms with van der Waals surface area (Å²) in [5, 5.41) is 29.4. The summed E-state index contributed by atoms with van der Waals surface area (Å²) in [6, 6.07) is 6.06. The molecule has 0 spiro atoms. The van der Waals surface area contributed by atoms with E-state index in [0.29, 0.717) is 0 Å². The highest BCUT2D eigenvalue weighted by atomic mass is 31.3. The number of hydrogen-bond acceptors (Lipinski definition) is 11. The summed E-state index contributed by atoms with van der Waals surface area (Å²) in [4.78, 5) is 35.6. The van der Waals surface area contributed by atoms with Crippen molar-refractivity contribution >= 4 is 23.5 Å². The van der Waals surface area contributed by atoms with Gasteiger partial charge >= 0.3 is 23.5 Å². The van der Waals surface area contributed by atoms with Crippen LogP contribution in [0.25, 0.3) is 0 Å². The summed E-state index contributed by atoms with van der Waals surface area (Å²) >= 11 is 0. The zero-order valence-electron chi connectivity index (χ0n) is 15.5. The maximum absolute atomic E-state index is 11.8. The third kappa shape index (κ3) is 7.15. The van der Waals surface area contributed by atoms with Gasteiger partial charge in [-0.1, -0.05) is 6.07 Å². The van der Waals surface area contributed by atoms with Crippen LogP contribution in [0, 0.1) is 11.3 Å². The molecule has 0 aromatic heterocycles. The molecule has 1 saturated heterocycles. The van der Waals surface area contributed by atoms with E-state index in [1.807, 2.05) is 6.07 Å². The lowest BCUT2D eigenvalue weighted by Crippen LogP contribution is -2.33. The second-order valence-corrected chi connectivity index (χ2v) is 10.5. The molecule has 0 amide bonds. The molecule has 6 atom stereocenters. The molecule has 0 radical (unpaired) electrons. The van der Waals surface area contributed by atoms with Crippen LogP contribution >= 0.6 is 23.5 Å². The quantitative estimate of drug-likeness (QED) is 0.243. The maximum atomic E-state index is 11.8. The van der Waals surface area contributed by atoms with E-state index >= 15 is 0 Å². The van der Waals surface area contributed by atoms with Crippen LogP contribution in [-0.2, 0) is 31.6 Å². The molecule has 1 aliphatic rings. The minimum absolute atomic E-state index is 0.156. The minimum Gasteiger partial charge on any atom is -0.496 e. The summed E-state index contributed by atoms with van der Waals surface area (Å²) in [6.07, 6.45) is -5.86. The first kappa shape index (κ1) is 26.1. The highest BCUT2D eigenvalue weighted by Crippen LogP contribution is 2.66. The maximum Gasteiger partial charge on any atom is 0.490 e. The number of aliphatic hydroxyl groups excluding tert-OH is 2. The second kappa shape index (κ2) is 9.74. The lowest BCUT2D eigenvalue weighted by molar-refractivity contribution is -0.0228. The molecule has 1 aromatic carbocycles. The molecule has 18 heteroatoms. The molecule has 0 saturated carbocycles. The third-order valence-corrected chi connectivity index (χ3v) is 7.65. The average Bonchev–Trinajstić information content (AvgIpc) is 2.91. The van der Waals surface area contributed by atoms with Crippen molar-refractivity contribution < 1.29 is 66.1 Å². The summed E-state index contributed by atoms with van der Waals surface area (Å²) in [7, 11) is -15.4. The number of methoxy groups -OCH3 is 1. The van der Waals surface area contributed by atoms with Crippen LogP contribution < -0.4 is 4.74 Å². The minimum atomic E-state index is -5.70. The Morgan fingerprint density at radius 2 is 1.71 bits per heavy atom. The van der Waals surface area contributed by atoms with E-state index in [9.17, 15) is 28.8 Å². The Balaban J connectivity index is 2.09. The van der Waals surface area contributed by atoms with Gasteiger partial charge in [-0.25, -0.2) is 13.7 Å². The molecule has 174 valence electrons. The highest BCUT2D eigenvalue weighted by Gasteiger charge is 2.46. The topological polar surface area (TPSA) is 243 Å². The van der Waals surface area contributed by atoms with Crippen LogP contribution in [0.15, 0.2) is 18.2 Å². The van der Waals surface area contributed by atoms with Crippen molar-refractivity contribution in [2.45, 2.75) is 24.4 Å². The lowest BCUT2D eigenvalue weighted by atomic mass is 9.99. The van der Waals surface area contributed by atoms with Gasteiger partial charge in [0, 0.05) is 5.56 Å². The Hall–Kier alpha value is -1.20. The van der Waals surface area contributed by atoms with E-state index in [4.69, 9.17) is 29.4 Å². The lowest BCUT2D eigenvalue weighted by Gasteiger charge is -2.19. The SMILES string of the molecule is COc1cc(C#N)ccc1[C@@H]1O[C@H](COP(=O)(O)OP(=O)(O)OP(=O)(O)O)[C@H](O)C1O. The van der Waals surface area contributed by atoms with E-state index in [1.165, 1.54) is 25.3 Å². The van der Waals surface area contributed by atoms with E-state index in [2.05, 4.69) is 13.1 Å². The van der Waals surface area contributed by atoms with Crippen LogP contribution in [-0.4, -0.2) is 61.8 Å². The molecule has 15 nitrogen and oxygen atoms in total. The van der Waals surface area contributed by atoms with Gasteiger partial charge in [0.1, 0.15) is 30.2 Å². The van der Waals surface area contributed by atoms with Crippen molar-refractivity contribution in [2.24, 2.45) is 0 Å². The van der Waals surface area contributed by atoms with Gasteiger partial charge in [0.15, 0.2) is 0 Å². The van der Waals surface area contributed by atoms with Crippen LogP contribution in [0.5, 0.6) is 5.75 Å². The highest BCUT2D eigenvalue weighted by molar-refractivity contribution is 7.66. The van der Waals surface area contributed by atoms with E-state index < -0.39 is 54.5 Å². The Labute approximate surface area is 174 Å².